The molecular weight excluding hydrogens is 250 g/mol. The Morgan fingerprint density at radius 2 is 2.26 bits per heavy atom. The summed E-state index contributed by atoms with van der Waals surface area (Å²) >= 11 is 0. The molecule has 3 N–H and O–H groups in total. The van der Waals surface area contributed by atoms with Crippen molar-refractivity contribution in [3.05, 3.63) is 34.9 Å². The molecule has 0 fully saturated rings. The van der Waals surface area contributed by atoms with Crippen LogP contribution in [0.2, 0.25) is 0 Å². The number of amidine groups is 1. The Bertz CT molecular complexity index is 530. The Balaban J connectivity index is 1.84. The lowest BCUT2D eigenvalue weighted by molar-refractivity contribution is 0.285. The number of hydrazone groups is 1. The smallest absolute Gasteiger partial charge is 0.140 e. The summed E-state index contributed by atoms with van der Waals surface area (Å²) in [6.45, 7) is 0.984. The van der Waals surface area contributed by atoms with Crippen LogP contribution in [0.15, 0.2) is 17.2 Å². The first-order valence-electron chi connectivity index (χ1n) is 6.42. The molecule has 0 spiro atoms. The Labute approximate surface area is 110 Å². The number of benzene rings is 1. The molecule has 0 saturated carbocycles. The van der Waals surface area contributed by atoms with E-state index in [1.54, 1.807) is 0 Å². The summed E-state index contributed by atoms with van der Waals surface area (Å²) in [5.74, 6) is -0.129. The normalized spacial score (nSPS) is 21.9. The minimum absolute atomic E-state index is 0.200. The number of nitrogens with two attached hydrogens (primary N) is 1. The van der Waals surface area contributed by atoms with Crippen molar-refractivity contribution < 1.29 is 8.78 Å². The minimum atomic E-state index is -0.510. The highest BCUT2D eigenvalue weighted by atomic mass is 19.1. The number of hydrogen-bond acceptors (Lipinski definition) is 4. The van der Waals surface area contributed by atoms with E-state index < -0.39 is 11.6 Å². The number of nitrogens with zero attached hydrogens (tertiary/aromatic N) is 2. The van der Waals surface area contributed by atoms with Gasteiger partial charge in [0.05, 0.1) is 6.54 Å². The summed E-state index contributed by atoms with van der Waals surface area (Å²) in [4.78, 5) is 2.09. The number of rotatable bonds is 2. The van der Waals surface area contributed by atoms with Crippen LogP contribution in [0.4, 0.5) is 8.78 Å². The SMILES string of the molecule is NCC1=NNCN1[C@H]1CCc2c(F)cc(F)cc2C1. The minimum Gasteiger partial charge on any atom is -0.335 e. The van der Waals surface area contributed by atoms with E-state index >= 15 is 0 Å². The molecule has 4 nitrogen and oxygen atoms in total. The Morgan fingerprint density at radius 1 is 1.42 bits per heavy atom. The average Bonchev–Trinajstić information content (AvgIpc) is 2.86. The summed E-state index contributed by atoms with van der Waals surface area (Å²) in [5.41, 5.74) is 9.95. The van der Waals surface area contributed by atoms with Gasteiger partial charge in [0.25, 0.3) is 0 Å². The van der Waals surface area contributed by atoms with E-state index in [0.717, 1.165) is 23.9 Å². The first-order valence-corrected chi connectivity index (χ1v) is 6.42. The molecule has 0 saturated heterocycles. The molecule has 0 radical (unpaired) electrons. The molecule has 0 bridgehead atoms. The van der Waals surface area contributed by atoms with Gasteiger partial charge in [-0.15, -0.1) is 0 Å². The van der Waals surface area contributed by atoms with Crippen molar-refractivity contribution in [2.45, 2.75) is 25.3 Å². The highest BCUT2D eigenvalue weighted by Crippen LogP contribution is 2.28. The van der Waals surface area contributed by atoms with Crippen LogP contribution in [-0.4, -0.2) is 30.0 Å². The molecule has 1 aromatic carbocycles. The zero-order chi connectivity index (χ0) is 13.4. The maximum Gasteiger partial charge on any atom is 0.140 e. The molecule has 0 aromatic heterocycles. The predicted octanol–water partition coefficient (Wildman–Crippen LogP) is 0.957. The van der Waals surface area contributed by atoms with Crippen molar-refractivity contribution in [1.29, 1.82) is 0 Å². The Hall–Kier alpha value is -1.69. The van der Waals surface area contributed by atoms with E-state index in [9.17, 15) is 8.78 Å². The van der Waals surface area contributed by atoms with Gasteiger partial charge in [-0.3, -0.25) is 5.43 Å². The summed E-state index contributed by atoms with van der Waals surface area (Å²) in [7, 11) is 0. The van der Waals surface area contributed by atoms with Crippen LogP contribution in [0.25, 0.3) is 0 Å². The monoisotopic (exact) mass is 266 g/mol. The van der Waals surface area contributed by atoms with Gasteiger partial charge in [0, 0.05) is 12.1 Å². The maximum absolute atomic E-state index is 13.7. The standard InChI is InChI=1S/C13H16F2N4/c14-9-3-8-4-10(1-2-11(8)12(15)5-9)19-7-17-18-13(19)6-16/h3,5,10,17H,1-2,4,6-7,16H2/t10-/m0/s1. The fourth-order valence-electron chi connectivity index (χ4n) is 2.91. The number of halogens is 2. The second kappa shape index (κ2) is 4.77. The van der Waals surface area contributed by atoms with Crippen molar-refractivity contribution in [2.24, 2.45) is 10.8 Å². The highest BCUT2D eigenvalue weighted by molar-refractivity contribution is 5.85. The Morgan fingerprint density at radius 3 is 3.05 bits per heavy atom. The Kier molecular flexibility index (Phi) is 3.10. The van der Waals surface area contributed by atoms with Crippen molar-refractivity contribution in [1.82, 2.24) is 10.3 Å². The lowest BCUT2D eigenvalue weighted by Gasteiger charge is -2.33. The molecule has 1 aromatic rings. The molecule has 1 atom stereocenters. The van der Waals surface area contributed by atoms with Gasteiger partial charge in [-0.05, 0) is 36.5 Å². The van der Waals surface area contributed by atoms with Gasteiger partial charge in [-0.1, -0.05) is 0 Å². The molecule has 2 aliphatic rings. The highest BCUT2D eigenvalue weighted by Gasteiger charge is 2.29. The zero-order valence-corrected chi connectivity index (χ0v) is 10.5. The first kappa shape index (κ1) is 12.3. The van der Waals surface area contributed by atoms with Gasteiger partial charge in [0.15, 0.2) is 0 Å². The van der Waals surface area contributed by atoms with Crippen LogP contribution in [0, 0.1) is 11.6 Å². The van der Waals surface area contributed by atoms with Crippen molar-refractivity contribution >= 4 is 5.84 Å². The average molecular weight is 266 g/mol. The fraction of sp³-hybridized carbons (Fsp3) is 0.462. The second-order valence-corrected chi connectivity index (χ2v) is 4.94. The van der Waals surface area contributed by atoms with E-state index in [-0.39, 0.29) is 6.04 Å². The molecular formula is C13H16F2N4. The summed E-state index contributed by atoms with van der Waals surface area (Å²) < 4.78 is 27.0. The van der Waals surface area contributed by atoms with E-state index in [1.807, 2.05) is 0 Å². The van der Waals surface area contributed by atoms with Crippen LogP contribution in [-0.2, 0) is 12.8 Å². The van der Waals surface area contributed by atoms with Gasteiger partial charge in [-0.2, -0.15) is 5.10 Å². The molecule has 0 unspecified atom stereocenters. The molecule has 19 heavy (non-hydrogen) atoms. The van der Waals surface area contributed by atoms with Crippen LogP contribution >= 0.6 is 0 Å². The van der Waals surface area contributed by atoms with Crippen LogP contribution in [0.3, 0.4) is 0 Å². The number of fused-ring (bicyclic) bond motifs is 1. The zero-order valence-electron chi connectivity index (χ0n) is 10.5. The van der Waals surface area contributed by atoms with Crippen LogP contribution in [0.1, 0.15) is 17.5 Å². The van der Waals surface area contributed by atoms with Gasteiger partial charge < -0.3 is 10.6 Å². The first-order chi connectivity index (χ1) is 9.19. The third-order valence-electron chi connectivity index (χ3n) is 3.84. The van der Waals surface area contributed by atoms with Gasteiger partial charge >= 0.3 is 0 Å². The lowest BCUT2D eigenvalue weighted by Crippen LogP contribution is -2.45. The van der Waals surface area contributed by atoms with Gasteiger partial charge in [0.1, 0.15) is 24.1 Å². The molecule has 0 amide bonds. The molecule has 6 heteroatoms. The quantitative estimate of drug-likeness (QED) is 0.838. The third kappa shape index (κ3) is 2.16. The van der Waals surface area contributed by atoms with Crippen molar-refractivity contribution in [2.75, 3.05) is 13.2 Å². The summed E-state index contributed by atoms with van der Waals surface area (Å²) in [6, 6.07) is 2.60. The number of nitrogens with one attached hydrogen (secondary N) is 1. The molecule has 1 aliphatic heterocycles. The van der Waals surface area contributed by atoms with E-state index in [4.69, 9.17) is 5.73 Å². The fourth-order valence-corrected chi connectivity index (χ4v) is 2.91. The second-order valence-electron chi connectivity index (χ2n) is 4.94. The third-order valence-corrected chi connectivity index (χ3v) is 3.84. The predicted molar refractivity (Wildman–Crippen MR) is 68.5 cm³/mol. The van der Waals surface area contributed by atoms with Crippen molar-refractivity contribution in [3.8, 4) is 0 Å². The van der Waals surface area contributed by atoms with E-state index in [2.05, 4.69) is 15.4 Å². The van der Waals surface area contributed by atoms with Crippen LogP contribution in [0.5, 0.6) is 0 Å². The van der Waals surface area contributed by atoms with E-state index in [1.165, 1.54) is 6.07 Å². The largest absolute Gasteiger partial charge is 0.335 e. The van der Waals surface area contributed by atoms with E-state index in [0.29, 0.717) is 31.6 Å². The molecule has 1 aliphatic carbocycles. The van der Waals surface area contributed by atoms with Gasteiger partial charge in [0.2, 0.25) is 0 Å². The summed E-state index contributed by atoms with van der Waals surface area (Å²) in [5, 5.41) is 4.12. The number of hydrogen-bond donors (Lipinski definition) is 2. The molecule has 3 rings (SSSR count). The van der Waals surface area contributed by atoms with Crippen LogP contribution < -0.4 is 11.2 Å². The maximum atomic E-state index is 13.7. The van der Waals surface area contributed by atoms with Crippen molar-refractivity contribution in [3.63, 3.8) is 0 Å². The molecule has 102 valence electrons. The molecule has 1 heterocycles. The lowest BCUT2D eigenvalue weighted by atomic mass is 9.87. The topological polar surface area (TPSA) is 53.6 Å². The van der Waals surface area contributed by atoms with Gasteiger partial charge in [-0.25, -0.2) is 8.78 Å². The summed E-state index contributed by atoms with van der Waals surface area (Å²) in [6.07, 6.45) is 2.08.